The van der Waals surface area contributed by atoms with Crippen LogP contribution in [0.5, 0.6) is 0 Å². The van der Waals surface area contributed by atoms with Crippen LogP contribution in [0.15, 0.2) is 11.4 Å². The smallest absolute Gasteiger partial charge is 0.0486 e. The van der Waals surface area contributed by atoms with E-state index in [9.17, 15) is 0 Å². The lowest BCUT2D eigenvalue weighted by atomic mass is 10.3. The summed E-state index contributed by atoms with van der Waals surface area (Å²) in [6.45, 7) is 7.70. The van der Waals surface area contributed by atoms with Gasteiger partial charge in [0, 0.05) is 32.0 Å². The van der Waals surface area contributed by atoms with Gasteiger partial charge in [0.2, 0.25) is 0 Å². The fraction of sp³-hybridized carbons (Fsp3) is 0.800. The number of nitrogens with zero attached hydrogens (tertiary/aromatic N) is 3. The molecule has 0 aromatic heterocycles. The van der Waals surface area contributed by atoms with Crippen LogP contribution < -0.4 is 0 Å². The van der Waals surface area contributed by atoms with Crippen LogP contribution in [0.3, 0.4) is 0 Å². The van der Waals surface area contributed by atoms with E-state index in [2.05, 4.69) is 50.0 Å². The first-order chi connectivity index (χ1) is 6.09. The first-order valence-corrected chi connectivity index (χ1v) is 5.01. The molecule has 0 N–H and O–H groups in total. The van der Waals surface area contributed by atoms with Gasteiger partial charge in [-0.15, -0.1) is 5.12 Å². The third-order valence-corrected chi connectivity index (χ3v) is 2.90. The van der Waals surface area contributed by atoms with Crippen molar-refractivity contribution < 1.29 is 0 Å². The number of rotatable bonds is 3. The zero-order valence-electron chi connectivity index (χ0n) is 9.46. The van der Waals surface area contributed by atoms with Gasteiger partial charge >= 0.3 is 0 Å². The summed E-state index contributed by atoms with van der Waals surface area (Å²) in [5.74, 6) is 0. The van der Waals surface area contributed by atoms with E-state index in [1.165, 1.54) is 24.2 Å². The molecule has 0 unspecified atom stereocenters. The van der Waals surface area contributed by atoms with E-state index in [-0.39, 0.29) is 0 Å². The predicted octanol–water partition coefficient (Wildman–Crippen LogP) is 2.05. The quantitative estimate of drug-likeness (QED) is 0.663. The Labute approximate surface area is 81.5 Å². The number of hydrogen-bond donors (Lipinski definition) is 0. The van der Waals surface area contributed by atoms with Crippen molar-refractivity contribution >= 4 is 0 Å². The number of hydrazine groups is 2. The van der Waals surface area contributed by atoms with Crippen molar-refractivity contribution in [3.8, 4) is 0 Å². The molecular weight excluding hydrogens is 162 g/mol. The van der Waals surface area contributed by atoms with Crippen molar-refractivity contribution in [3.63, 3.8) is 0 Å². The third kappa shape index (κ3) is 1.80. The largest absolute Gasteiger partial charge is 0.294 e. The highest BCUT2D eigenvalue weighted by molar-refractivity contribution is 5.10. The first kappa shape index (κ1) is 10.4. The molecule has 0 saturated carbocycles. The monoisotopic (exact) mass is 183 g/mol. The highest BCUT2D eigenvalue weighted by Gasteiger charge is 2.25. The standard InChI is InChI=1S/C10H21N3/c1-6-7-8-13-10(3)9(2)11(4)12(13)5/h6-8H2,1-5H3. The highest BCUT2D eigenvalue weighted by atomic mass is 15.9. The molecule has 3 nitrogen and oxygen atoms in total. The molecule has 0 atom stereocenters. The van der Waals surface area contributed by atoms with Gasteiger partial charge in [-0.05, 0) is 20.3 Å². The molecule has 0 aromatic rings. The Morgan fingerprint density at radius 3 is 2.08 bits per heavy atom. The summed E-state index contributed by atoms with van der Waals surface area (Å²) in [5.41, 5.74) is 2.72. The van der Waals surface area contributed by atoms with E-state index >= 15 is 0 Å². The molecule has 13 heavy (non-hydrogen) atoms. The van der Waals surface area contributed by atoms with Crippen LogP contribution in [0.2, 0.25) is 0 Å². The van der Waals surface area contributed by atoms with Crippen LogP contribution in [0, 0.1) is 0 Å². The Hall–Kier alpha value is -0.700. The van der Waals surface area contributed by atoms with Crippen molar-refractivity contribution in [2.45, 2.75) is 33.6 Å². The Bertz CT molecular complexity index is 210. The normalized spacial score (nSPS) is 19.2. The zero-order valence-corrected chi connectivity index (χ0v) is 9.46. The van der Waals surface area contributed by atoms with Gasteiger partial charge in [-0.25, -0.2) is 0 Å². The van der Waals surface area contributed by atoms with Gasteiger partial charge in [0.1, 0.15) is 0 Å². The van der Waals surface area contributed by atoms with Gasteiger partial charge in [-0.3, -0.25) is 10.0 Å². The summed E-state index contributed by atoms with van der Waals surface area (Å²) >= 11 is 0. The molecule has 0 aliphatic carbocycles. The maximum absolute atomic E-state index is 2.33. The Morgan fingerprint density at radius 1 is 1.08 bits per heavy atom. The summed E-state index contributed by atoms with van der Waals surface area (Å²) in [6, 6.07) is 0. The van der Waals surface area contributed by atoms with Gasteiger partial charge in [-0.2, -0.15) is 0 Å². The second-order valence-electron chi connectivity index (χ2n) is 3.66. The minimum absolute atomic E-state index is 1.13. The van der Waals surface area contributed by atoms with Crippen LogP contribution in [-0.2, 0) is 0 Å². The molecule has 0 radical (unpaired) electrons. The summed E-state index contributed by atoms with van der Waals surface area (Å²) in [5, 5.41) is 6.70. The van der Waals surface area contributed by atoms with Crippen molar-refractivity contribution in [2.24, 2.45) is 0 Å². The van der Waals surface area contributed by atoms with Crippen molar-refractivity contribution in [1.82, 2.24) is 15.1 Å². The summed E-state index contributed by atoms with van der Waals surface area (Å²) in [7, 11) is 4.21. The van der Waals surface area contributed by atoms with Gasteiger partial charge in [0.15, 0.2) is 0 Å². The first-order valence-electron chi connectivity index (χ1n) is 5.01. The number of allylic oxidation sites excluding steroid dienone is 2. The molecule has 76 valence electrons. The molecule has 0 amide bonds. The Kier molecular flexibility index (Phi) is 3.20. The third-order valence-electron chi connectivity index (χ3n) is 2.90. The molecule has 0 spiro atoms. The van der Waals surface area contributed by atoms with Crippen LogP contribution in [-0.4, -0.2) is 35.8 Å². The Balaban J connectivity index is 2.65. The van der Waals surface area contributed by atoms with Crippen molar-refractivity contribution in [3.05, 3.63) is 11.4 Å². The van der Waals surface area contributed by atoms with Crippen LogP contribution >= 0.6 is 0 Å². The maximum atomic E-state index is 2.33. The van der Waals surface area contributed by atoms with Crippen LogP contribution in [0.25, 0.3) is 0 Å². The SMILES string of the molecule is CCCCN1C(C)=C(C)N(C)N1C. The minimum Gasteiger partial charge on any atom is -0.294 e. The molecule has 1 aliphatic rings. The predicted molar refractivity (Wildman–Crippen MR) is 55.5 cm³/mol. The fourth-order valence-corrected chi connectivity index (χ4v) is 1.64. The van der Waals surface area contributed by atoms with Crippen molar-refractivity contribution in [1.29, 1.82) is 0 Å². The van der Waals surface area contributed by atoms with E-state index in [1.807, 2.05) is 0 Å². The molecule has 3 heteroatoms. The van der Waals surface area contributed by atoms with E-state index in [0.29, 0.717) is 0 Å². The molecule has 1 heterocycles. The van der Waals surface area contributed by atoms with E-state index in [1.54, 1.807) is 0 Å². The number of hydrogen-bond acceptors (Lipinski definition) is 3. The number of unbranched alkanes of at least 4 members (excludes halogenated alkanes) is 1. The second kappa shape index (κ2) is 4.01. The summed E-state index contributed by atoms with van der Waals surface area (Å²) < 4.78 is 0. The van der Waals surface area contributed by atoms with Gasteiger partial charge < -0.3 is 0 Å². The summed E-state index contributed by atoms with van der Waals surface area (Å²) in [4.78, 5) is 0. The highest BCUT2D eigenvalue weighted by Crippen LogP contribution is 2.24. The van der Waals surface area contributed by atoms with Gasteiger partial charge in [0.05, 0.1) is 0 Å². The second-order valence-corrected chi connectivity index (χ2v) is 3.66. The zero-order chi connectivity index (χ0) is 10.0. The van der Waals surface area contributed by atoms with E-state index < -0.39 is 0 Å². The van der Waals surface area contributed by atoms with E-state index in [4.69, 9.17) is 0 Å². The molecule has 0 aromatic carbocycles. The summed E-state index contributed by atoms with van der Waals surface area (Å²) in [6.07, 6.45) is 2.50. The molecule has 1 rings (SSSR count). The molecular formula is C10H21N3. The fourth-order valence-electron chi connectivity index (χ4n) is 1.64. The average Bonchev–Trinajstić information content (AvgIpc) is 2.30. The van der Waals surface area contributed by atoms with Crippen molar-refractivity contribution in [2.75, 3.05) is 20.6 Å². The molecule has 0 bridgehead atoms. The van der Waals surface area contributed by atoms with E-state index in [0.717, 1.165) is 6.54 Å². The molecule has 1 aliphatic heterocycles. The van der Waals surface area contributed by atoms with Crippen LogP contribution in [0.4, 0.5) is 0 Å². The lowest BCUT2D eigenvalue weighted by Gasteiger charge is -2.31. The lowest BCUT2D eigenvalue weighted by molar-refractivity contribution is -0.0802. The Morgan fingerprint density at radius 2 is 1.69 bits per heavy atom. The topological polar surface area (TPSA) is 9.72 Å². The molecule has 0 saturated heterocycles. The van der Waals surface area contributed by atoms with Crippen LogP contribution in [0.1, 0.15) is 33.6 Å². The maximum Gasteiger partial charge on any atom is 0.0486 e. The van der Waals surface area contributed by atoms with Gasteiger partial charge in [-0.1, -0.05) is 13.3 Å². The molecule has 0 fully saturated rings. The minimum atomic E-state index is 1.13. The average molecular weight is 183 g/mol. The lowest BCUT2D eigenvalue weighted by Crippen LogP contribution is -2.41. The van der Waals surface area contributed by atoms with Gasteiger partial charge in [0.25, 0.3) is 0 Å².